The first-order valence-electron chi connectivity index (χ1n) is 4.58. The molecule has 2 atom stereocenters. The van der Waals surface area contributed by atoms with Crippen LogP contribution in [0, 0.1) is 5.21 Å². The van der Waals surface area contributed by atoms with E-state index in [1.165, 1.54) is 5.06 Å². The lowest BCUT2D eigenvalue weighted by atomic mass is 9.92. The van der Waals surface area contributed by atoms with Crippen molar-refractivity contribution < 1.29 is 9.95 Å². The van der Waals surface area contributed by atoms with Gasteiger partial charge in [-0.15, -0.1) is 0 Å². The molecule has 76 valence electrons. The normalized spacial score (nSPS) is 35.2. The van der Waals surface area contributed by atoms with Crippen LogP contribution in [-0.2, 0) is 0 Å². The van der Waals surface area contributed by atoms with E-state index in [-0.39, 0.29) is 12.1 Å². The molecule has 1 N–H and O–H groups in total. The first-order valence-corrected chi connectivity index (χ1v) is 4.58. The van der Waals surface area contributed by atoms with Crippen molar-refractivity contribution in [3.63, 3.8) is 0 Å². The van der Waals surface area contributed by atoms with Crippen LogP contribution in [0.2, 0.25) is 0 Å². The van der Waals surface area contributed by atoms with Crippen molar-refractivity contribution in [2.45, 2.75) is 52.2 Å². The van der Waals surface area contributed by atoms with Gasteiger partial charge in [0.25, 0.3) is 0 Å². The molecule has 0 amide bonds. The Morgan fingerprint density at radius 2 is 1.92 bits per heavy atom. The van der Waals surface area contributed by atoms with Gasteiger partial charge in [0.1, 0.15) is 5.54 Å². The van der Waals surface area contributed by atoms with Crippen LogP contribution in [0.4, 0.5) is 0 Å². The highest BCUT2D eigenvalue weighted by atomic mass is 16.5. The third kappa shape index (κ3) is 1.34. The van der Waals surface area contributed by atoms with Gasteiger partial charge in [0.15, 0.2) is 11.8 Å². The fourth-order valence-corrected chi connectivity index (χ4v) is 1.65. The molecule has 0 unspecified atom stereocenters. The molecule has 4 nitrogen and oxygen atoms in total. The van der Waals surface area contributed by atoms with Crippen molar-refractivity contribution in [2.24, 2.45) is 0 Å². The largest absolute Gasteiger partial charge is 0.624 e. The molecule has 0 fully saturated rings. The maximum Gasteiger partial charge on any atom is 0.182 e. The lowest BCUT2D eigenvalue weighted by molar-refractivity contribution is -0.528. The maximum atomic E-state index is 11.6. The van der Waals surface area contributed by atoms with Crippen molar-refractivity contribution in [3.8, 4) is 0 Å². The maximum absolute atomic E-state index is 11.6. The zero-order chi connectivity index (χ0) is 10.4. The molecule has 1 aliphatic rings. The molecule has 13 heavy (non-hydrogen) atoms. The molecule has 0 aromatic carbocycles. The number of rotatable bonds is 0. The molecule has 0 saturated heterocycles. The quantitative estimate of drug-likeness (QED) is 0.457. The van der Waals surface area contributed by atoms with E-state index in [0.29, 0.717) is 5.71 Å². The highest BCUT2D eigenvalue weighted by Gasteiger charge is 2.45. The summed E-state index contributed by atoms with van der Waals surface area (Å²) in [5, 5.41) is 22.7. The molecule has 0 spiro atoms. The van der Waals surface area contributed by atoms with E-state index in [4.69, 9.17) is 0 Å². The molecule has 0 aliphatic carbocycles. The zero-order valence-corrected chi connectivity index (χ0v) is 8.90. The SMILES string of the molecule is CC1=[N+]([O-])[C@@H](C)[C@H](C)N(O)C1(C)C. The Morgan fingerprint density at radius 3 is 2.38 bits per heavy atom. The van der Waals surface area contributed by atoms with Crippen LogP contribution in [0.1, 0.15) is 34.6 Å². The molecule has 0 aromatic rings. The van der Waals surface area contributed by atoms with Crippen LogP contribution in [0.25, 0.3) is 0 Å². The molecule has 4 heteroatoms. The second-order valence-electron chi connectivity index (χ2n) is 4.30. The van der Waals surface area contributed by atoms with Crippen LogP contribution in [0.5, 0.6) is 0 Å². The van der Waals surface area contributed by atoms with E-state index in [9.17, 15) is 10.4 Å². The predicted molar refractivity (Wildman–Crippen MR) is 50.9 cm³/mol. The van der Waals surface area contributed by atoms with Gasteiger partial charge < -0.3 is 10.4 Å². The van der Waals surface area contributed by atoms with E-state index in [1.807, 2.05) is 27.7 Å². The monoisotopic (exact) mass is 186 g/mol. The predicted octanol–water partition coefficient (Wildman–Crippen LogP) is 1.22. The Balaban J connectivity index is 3.17. The Hall–Kier alpha value is -0.610. The van der Waals surface area contributed by atoms with Crippen molar-refractivity contribution in [3.05, 3.63) is 5.21 Å². The summed E-state index contributed by atoms with van der Waals surface area (Å²) in [6, 6.07) is -0.339. The van der Waals surface area contributed by atoms with Gasteiger partial charge >= 0.3 is 0 Å². The number of hydroxylamine groups is 3. The molecule has 1 heterocycles. The van der Waals surface area contributed by atoms with Crippen molar-refractivity contribution >= 4 is 5.71 Å². The van der Waals surface area contributed by atoms with Crippen molar-refractivity contribution in [1.82, 2.24) is 5.06 Å². The summed E-state index contributed by atoms with van der Waals surface area (Å²) in [7, 11) is 0. The van der Waals surface area contributed by atoms with E-state index in [0.717, 1.165) is 4.74 Å². The molecular formula is C9H18N2O2. The zero-order valence-electron chi connectivity index (χ0n) is 8.90. The van der Waals surface area contributed by atoms with Crippen LogP contribution in [-0.4, -0.2) is 38.3 Å². The summed E-state index contributed by atoms with van der Waals surface area (Å²) >= 11 is 0. The van der Waals surface area contributed by atoms with Crippen molar-refractivity contribution in [2.75, 3.05) is 0 Å². The average Bonchev–Trinajstić information content (AvgIpc) is 2.09. The summed E-state index contributed by atoms with van der Waals surface area (Å²) in [5.41, 5.74) is 0.0915. The number of nitrogens with zero attached hydrogens (tertiary/aromatic N) is 2. The van der Waals surface area contributed by atoms with Gasteiger partial charge in [-0.05, 0) is 20.8 Å². The molecule has 0 radical (unpaired) electrons. The number of hydrogen-bond acceptors (Lipinski definition) is 3. The van der Waals surface area contributed by atoms with Gasteiger partial charge in [-0.25, -0.2) is 4.74 Å². The van der Waals surface area contributed by atoms with Gasteiger partial charge in [0.05, 0.1) is 6.04 Å². The minimum atomic E-state index is -0.562. The van der Waals surface area contributed by atoms with Crippen LogP contribution < -0.4 is 0 Å². The standard InChI is InChI=1S/C9H18N2O2/c1-6-7(2)11(13)9(4,5)8(3)10(6)12/h6-7,13H,1-5H3/t6-,7-/m0/s1. The van der Waals surface area contributed by atoms with Gasteiger partial charge in [-0.3, -0.25) is 0 Å². The average molecular weight is 186 g/mol. The minimum absolute atomic E-state index is 0.142. The van der Waals surface area contributed by atoms with E-state index >= 15 is 0 Å². The topological polar surface area (TPSA) is 49.5 Å². The summed E-state index contributed by atoms with van der Waals surface area (Å²) in [5.74, 6) is 0. The Labute approximate surface area is 79.0 Å². The van der Waals surface area contributed by atoms with Gasteiger partial charge in [-0.1, -0.05) is 0 Å². The number of hydrogen-bond donors (Lipinski definition) is 1. The lowest BCUT2D eigenvalue weighted by Crippen LogP contribution is -2.62. The molecule has 0 aromatic heterocycles. The highest BCUT2D eigenvalue weighted by Crippen LogP contribution is 2.24. The second-order valence-corrected chi connectivity index (χ2v) is 4.30. The molecule has 1 aliphatic heterocycles. The fraction of sp³-hybridized carbons (Fsp3) is 0.889. The van der Waals surface area contributed by atoms with Crippen LogP contribution in [0.3, 0.4) is 0 Å². The van der Waals surface area contributed by atoms with Crippen molar-refractivity contribution in [1.29, 1.82) is 0 Å². The first kappa shape index (κ1) is 10.5. The van der Waals surface area contributed by atoms with Gasteiger partial charge in [0, 0.05) is 13.8 Å². The molecule has 0 saturated carbocycles. The Bertz CT molecular complexity index is 248. The molecular weight excluding hydrogens is 168 g/mol. The van der Waals surface area contributed by atoms with E-state index < -0.39 is 5.54 Å². The van der Waals surface area contributed by atoms with E-state index in [1.54, 1.807) is 6.92 Å². The smallest absolute Gasteiger partial charge is 0.182 e. The summed E-state index contributed by atoms with van der Waals surface area (Å²) in [4.78, 5) is 0. The summed E-state index contributed by atoms with van der Waals surface area (Å²) in [6.45, 7) is 9.12. The van der Waals surface area contributed by atoms with Gasteiger partial charge in [0.2, 0.25) is 0 Å². The first-order chi connectivity index (χ1) is 5.80. The summed E-state index contributed by atoms with van der Waals surface area (Å²) < 4.78 is 0.997. The third-order valence-corrected chi connectivity index (χ3v) is 3.24. The Morgan fingerprint density at radius 1 is 1.46 bits per heavy atom. The third-order valence-electron chi connectivity index (χ3n) is 3.24. The van der Waals surface area contributed by atoms with Crippen LogP contribution >= 0.6 is 0 Å². The molecule has 0 bridgehead atoms. The summed E-state index contributed by atoms with van der Waals surface area (Å²) in [6.07, 6.45) is 0. The lowest BCUT2D eigenvalue weighted by Gasteiger charge is -2.42. The fourth-order valence-electron chi connectivity index (χ4n) is 1.65. The second kappa shape index (κ2) is 2.96. The molecule has 1 rings (SSSR count). The van der Waals surface area contributed by atoms with Crippen LogP contribution in [0.15, 0.2) is 0 Å². The minimum Gasteiger partial charge on any atom is -0.624 e. The van der Waals surface area contributed by atoms with E-state index in [2.05, 4.69) is 0 Å². The van der Waals surface area contributed by atoms with Gasteiger partial charge in [-0.2, -0.15) is 5.06 Å². The Kier molecular flexibility index (Phi) is 2.38. The highest BCUT2D eigenvalue weighted by molar-refractivity contribution is 5.86.